The van der Waals surface area contributed by atoms with Gasteiger partial charge in [0.15, 0.2) is 0 Å². The number of nitrogens with zero attached hydrogens (tertiary/aromatic N) is 2. The summed E-state index contributed by atoms with van der Waals surface area (Å²) in [7, 11) is 0. The number of benzene rings is 1. The second-order valence-electron chi connectivity index (χ2n) is 4.31. The van der Waals surface area contributed by atoms with Crippen molar-refractivity contribution < 1.29 is 9.90 Å². The first-order valence-electron chi connectivity index (χ1n) is 5.51. The van der Waals surface area contributed by atoms with Crippen molar-refractivity contribution in [3.05, 3.63) is 41.6 Å². The van der Waals surface area contributed by atoms with Crippen LogP contribution in [0.4, 0.5) is 5.69 Å². The van der Waals surface area contributed by atoms with Crippen molar-refractivity contribution in [1.29, 1.82) is 0 Å². The molecule has 0 heterocycles. The van der Waals surface area contributed by atoms with E-state index in [1.807, 2.05) is 19.1 Å². The van der Waals surface area contributed by atoms with Crippen LogP contribution in [0.25, 0.3) is 0 Å². The lowest BCUT2D eigenvalue weighted by Gasteiger charge is -2.12. The van der Waals surface area contributed by atoms with Crippen LogP contribution in [0.3, 0.4) is 0 Å². The van der Waals surface area contributed by atoms with Gasteiger partial charge in [-0.25, -0.2) is 0 Å². The van der Waals surface area contributed by atoms with Crippen LogP contribution in [0.1, 0.15) is 19.4 Å². The summed E-state index contributed by atoms with van der Waals surface area (Å²) in [6, 6.07) is 7.25. The number of aliphatic hydroxyl groups is 1. The largest absolute Gasteiger partial charge is 0.402 e. The van der Waals surface area contributed by atoms with Crippen LogP contribution in [0, 0.1) is 6.92 Å². The molecule has 0 amide bonds. The first kappa shape index (κ1) is 14.1. The van der Waals surface area contributed by atoms with Crippen molar-refractivity contribution >= 4 is 11.5 Å². The highest BCUT2D eigenvalue weighted by Crippen LogP contribution is 2.17. The SMILES string of the molecule is C/C(N)=C/C(=O)C(C)(O)N=Nc1ccc(C)cc1. The minimum Gasteiger partial charge on any atom is -0.402 e. The Kier molecular flexibility index (Phi) is 4.33. The zero-order valence-electron chi connectivity index (χ0n) is 10.7. The van der Waals surface area contributed by atoms with E-state index in [9.17, 15) is 9.90 Å². The summed E-state index contributed by atoms with van der Waals surface area (Å²) in [4.78, 5) is 11.6. The number of allylic oxidation sites excluding steroid dienone is 1. The van der Waals surface area contributed by atoms with E-state index in [0.29, 0.717) is 11.4 Å². The standard InChI is InChI=1S/C13H17N3O2/c1-9-4-6-11(7-5-9)15-16-13(3,18)12(17)8-10(2)14/h4-8,18H,14H2,1-3H3/b10-8-,16-15?. The van der Waals surface area contributed by atoms with Crippen LogP contribution in [0.2, 0.25) is 0 Å². The Morgan fingerprint density at radius 2 is 1.94 bits per heavy atom. The summed E-state index contributed by atoms with van der Waals surface area (Å²) in [6.45, 7) is 4.78. The minimum absolute atomic E-state index is 0.311. The van der Waals surface area contributed by atoms with Gasteiger partial charge in [0.25, 0.3) is 0 Å². The van der Waals surface area contributed by atoms with Gasteiger partial charge in [-0.15, -0.1) is 5.11 Å². The molecule has 1 unspecified atom stereocenters. The Morgan fingerprint density at radius 1 is 1.39 bits per heavy atom. The van der Waals surface area contributed by atoms with Crippen molar-refractivity contribution in [3.8, 4) is 0 Å². The third-order valence-corrected chi connectivity index (χ3v) is 2.22. The van der Waals surface area contributed by atoms with E-state index in [0.717, 1.165) is 11.6 Å². The third kappa shape index (κ3) is 4.10. The molecule has 0 saturated carbocycles. The van der Waals surface area contributed by atoms with Crippen LogP contribution >= 0.6 is 0 Å². The molecule has 0 aliphatic carbocycles. The fraction of sp³-hybridized carbons (Fsp3) is 0.308. The molecule has 0 fully saturated rings. The van der Waals surface area contributed by atoms with Crippen LogP contribution in [-0.4, -0.2) is 16.6 Å². The number of aryl methyl sites for hydroxylation is 1. The summed E-state index contributed by atoms with van der Waals surface area (Å²) in [6.07, 6.45) is 1.13. The maximum Gasteiger partial charge on any atom is 0.237 e. The summed E-state index contributed by atoms with van der Waals surface area (Å²) >= 11 is 0. The summed E-state index contributed by atoms with van der Waals surface area (Å²) in [5.41, 5.74) is 5.45. The highest BCUT2D eigenvalue weighted by molar-refractivity contribution is 5.96. The first-order chi connectivity index (χ1) is 8.31. The molecular formula is C13H17N3O2. The average molecular weight is 247 g/mol. The van der Waals surface area contributed by atoms with Gasteiger partial charge in [0.2, 0.25) is 11.5 Å². The summed E-state index contributed by atoms with van der Waals surface area (Å²) in [5, 5.41) is 17.3. The monoisotopic (exact) mass is 247 g/mol. The van der Waals surface area contributed by atoms with Gasteiger partial charge in [-0.3, -0.25) is 4.79 Å². The van der Waals surface area contributed by atoms with Gasteiger partial charge in [0, 0.05) is 11.8 Å². The van der Waals surface area contributed by atoms with Gasteiger partial charge < -0.3 is 10.8 Å². The molecule has 0 aromatic heterocycles. The molecule has 3 N–H and O–H groups in total. The highest BCUT2D eigenvalue weighted by Gasteiger charge is 2.28. The maximum atomic E-state index is 11.6. The topological polar surface area (TPSA) is 88.0 Å². The molecule has 0 aliphatic rings. The fourth-order valence-corrected chi connectivity index (χ4v) is 1.16. The van der Waals surface area contributed by atoms with Crippen LogP contribution in [0.15, 0.2) is 46.3 Å². The Labute approximate surface area is 106 Å². The smallest absolute Gasteiger partial charge is 0.237 e. The molecule has 5 nitrogen and oxygen atoms in total. The maximum absolute atomic E-state index is 11.6. The Morgan fingerprint density at radius 3 is 2.44 bits per heavy atom. The summed E-state index contributed by atoms with van der Waals surface area (Å²) < 4.78 is 0. The predicted molar refractivity (Wildman–Crippen MR) is 69.3 cm³/mol. The molecule has 1 aromatic rings. The lowest BCUT2D eigenvalue weighted by molar-refractivity contribution is -0.130. The zero-order chi connectivity index (χ0) is 13.8. The zero-order valence-corrected chi connectivity index (χ0v) is 10.7. The van der Waals surface area contributed by atoms with E-state index in [1.54, 1.807) is 19.1 Å². The van der Waals surface area contributed by atoms with E-state index >= 15 is 0 Å². The third-order valence-electron chi connectivity index (χ3n) is 2.22. The lowest BCUT2D eigenvalue weighted by atomic mass is 10.1. The highest BCUT2D eigenvalue weighted by atomic mass is 16.3. The van der Waals surface area contributed by atoms with Crippen LogP contribution < -0.4 is 5.73 Å². The number of hydrogen-bond donors (Lipinski definition) is 2. The second-order valence-corrected chi connectivity index (χ2v) is 4.31. The van der Waals surface area contributed by atoms with Crippen molar-refractivity contribution in [1.82, 2.24) is 0 Å². The molecule has 0 spiro atoms. The number of ketones is 1. The molecule has 0 aliphatic heterocycles. The number of rotatable bonds is 4. The Bertz CT molecular complexity index is 483. The second kappa shape index (κ2) is 5.55. The number of hydrogen-bond acceptors (Lipinski definition) is 5. The normalized spacial score (nSPS) is 15.7. The average Bonchev–Trinajstić information content (AvgIpc) is 2.27. The van der Waals surface area contributed by atoms with Crippen molar-refractivity contribution in [2.75, 3.05) is 0 Å². The van der Waals surface area contributed by atoms with Gasteiger partial charge in [-0.05, 0) is 32.9 Å². The van der Waals surface area contributed by atoms with E-state index in [1.165, 1.54) is 6.92 Å². The van der Waals surface area contributed by atoms with E-state index < -0.39 is 11.5 Å². The predicted octanol–water partition coefficient (Wildman–Crippen LogP) is 2.22. The van der Waals surface area contributed by atoms with E-state index in [-0.39, 0.29) is 0 Å². The van der Waals surface area contributed by atoms with Gasteiger partial charge in [0.1, 0.15) is 0 Å². The number of azo groups is 1. The van der Waals surface area contributed by atoms with Gasteiger partial charge in [-0.1, -0.05) is 17.7 Å². The molecule has 0 saturated heterocycles. The first-order valence-corrected chi connectivity index (χ1v) is 5.51. The molecule has 0 radical (unpaired) electrons. The molecule has 1 rings (SSSR count). The Balaban J connectivity index is 2.85. The van der Waals surface area contributed by atoms with E-state index in [2.05, 4.69) is 10.2 Å². The summed E-state index contributed by atoms with van der Waals surface area (Å²) in [5.74, 6) is -0.599. The van der Waals surface area contributed by atoms with Crippen molar-refractivity contribution in [2.45, 2.75) is 26.5 Å². The van der Waals surface area contributed by atoms with Gasteiger partial charge in [0.05, 0.1) is 5.69 Å². The number of carbonyl (C=O) groups is 1. The molecular weight excluding hydrogens is 230 g/mol. The quantitative estimate of drug-likeness (QED) is 0.631. The van der Waals surface area contributed by atoms with Crippen molar-refractivity contribution in [2.24, 2.45) is 16.0 Å². The minimum atomic E-state index is -1.90. The molecule has 18 heavy (non-hydrogen) atoms. The van der Waals surface area contributed by atoms with Crippen molar-refractivity contribution in [3.63, 3.8) is 0 Å². The lowest BCUT2D eigenvalue weighted by Crippen LogP contribution is -2.31. The molecule has 96 valence electrons. The molecule has 0 bridgehead atoms. The molecule has 1 aromatic carbocycles. The molecule has 5 heteroatoms. The van der Waals surface area contributed by atoms with Crippen LogP contribution in [-0.2, 0) is 4.79 Å². The molecule has 1 atom stereocenters. The van der Waals surface area contributed by atoms with Crippen LogP contribution in [0.5, 0.6) is 0 Å². The fourth-order valence-electron chi connectivity index (χ4n) is 1.16. The van der Waals surface area contributed by atoms with E-state index in [4.69, 9.17) is 5.73 Å². The van der Waals surface area contributed by atoms with Gasteiger partial charge in [-0.2, -0.15) is 5.11 Å². The van der Waals surface area contributed by atoms with Gasteiger partial charge >= 0.3 is 0 Å². The number of carbonyl (C=O) groups excluding carboxylic acids is 1. The number of nitrogens with two attached hydrogens (primary N) is 1. The Hall–Kier alpha value is -2.01.